The number of rotatable bonds is 9. The van der Waals surface area contributed by atoms with Crippen molar-refractivity contribution in [1.29, 1.82) is 0 Å². The molecule has 0 N–H and O–H groups in total. The number of carbonyl (C=O) groups is 1. The van der Waals surface area contributed by atoms with Crippen molar-refractivity contribution >= 4 is 44.2 Å². The lowest BCUT2D eigenvalue weighted by molar-refractivity contribution is 0.0984. The maximum atomic E-state index is 13.6. The fourth-order valence-corrected chi connectivity index (χ4v) is 5.21. The van der Waals surface area contributed by atoms with E-state index in [-0.39, 0.29) is 5.91 Å². The summed E-state index contributed by atoms with van der Waals surface area (Å²) in [6.45, 7) is 9.43. The van der Waals surface area contributed by atoms with Crippen molar-refractivity contribution in [3.05, 3.63) is 82.9 Å². The number of para-hydroxylation sites is 1. The van der Waals surface area contributed by atoms with Gasteiger partial charge in [-0.15, -0.1) is 0 Å². The number of aromatic nitrogens is 1. The first-order valence-electron chi connectivity index (χ1n) is 11.4. The molecule has 0 aliphatic carbocycles. The van der Waals surface area contributed by atoms with E-state index < -0.39 is 0 Å². The third-order valence-corrected chi connectivity index (χ3v) is 6.97. The number of nitrogens with zero attached hydrogens (tertiary/aromatic N) is 3. The lowest BCUT2D eigenvalue weighted by Crippen LogP contribution is -2.38. The standard InChI is InChI=1S/C27H28ClN3O2S/c1-4-30(5-2)15-16-31(27-29-25-19(3)17-21(28)18-24(25)34-27)26(32)20-11-13-23(14-12-20)33-22-9-7-6-8-10-22/h6-14,17-18H,4-5,15-16H2,1-3H3. The molecule has 0 aliphatic heterocycles. The second-order valence-electron chi connectivity index (χ2n) is 7.99. The van der Waals surface area contributed by atoms with E-state index in [4.69, 9.17) is 21.3 Å². The molecule has 1 heterocycles. The Morgan fingerprint density at radius 2 is 1.65 bits per heavy atom. The first-order valence-corrected chi connectivity index (χ1v) is 12.6. The minimum atomic E-state index is -0.0822. The number of aryl methyl sites for hydroxylation is 1. The molecule has 7 heteroatoms. The fourth-order valence-electron chi connectivity index (χ4n) is 3.77. The Morgan fingerprint density at radius 1 is 0.971 bits per heavy atom. The highest BCUT2D eigenvalue weighted by Crippen LogP contribution is 2.34. The van der Waals surface area contributed by atoms with Crippen LogP contribution in [0.3, 0.4) is 0 Å². The Labute approximate surface area is 209 Å². The lowest BCUT2D eigenvalue weighted by atomic mass is 10.2. The van der Waals surface area contributed by atoms with E-state index in [1.54, 1.807) is 17.0 Å². The number of anilines is 1. The average molecular weight is 494 g/mol. The van der Waals surface area contributed by atoms with Crippen LogP contribution in [-0.4, -0.2) is 42.0 Å². The van der Waals surface area contributed by atoms with Crippen LogP contribution in [0.2, 0.25) is 5.02 Å². The van der Waals surface area contributed by atoms with Crippen LogP contribution in [0.5, 0.6) is 11.5 Å². The van der Waals surface area contributed by atoms with Crippen molar-refractivity contribution < 1.29 is 9.53 Å². The van der Waals surface area contributed by atoms with Crippen molar-refractivity contribution in [3.63, 3.8) is 0 Å². The highest BCUT2D eigenvalue weighted by Gasteiger charge is 2.22. The fraction of sp³-hybridized carbons (Fsp3) is 0.259. The third-order valence-electron chi connectivity index (χ3n) is 5.73. The number of fused-ring (bicyclic) bond motifs is 1. The van der Waals surface area contributed by atoms with Crippen molar-refractivity contribution in [3.8, 4) is 11.5 Å². The van der Waals surface area contributed by atoms with Gasteiger partial charge >= 0.3 is 0 Å². The second-order valence-corrected chi connectivity index (χ2v) is 9.43. The first-order chi connectivity index (χ1) is 16.5. The summed E-state index contributed by atoms with van der Waals surface area (Å²) in [5, 5.41) is 1.36. The topological polar surface area (TPSA) is 45.7 Å². The molecule has 0 saturated heterocycles. The molecule has 1 aromatic heterocycles. The molecule has 0 atom stereocenters. The van der Waals surface area contributed by atoms with Gasteiger partial charge in [-0.25, -0.2) is 4.98 Å². The molecule has 4 aromatic rings. The molecule has 0 unspecified atom stereocenters. The van der Waals surface area contributed by atoms with Gasteiger partial charge in [0.15, 0.2) is 5.13 Å². The molecule has 4 rings (SSSR count). The number of carbonyl (C=O) groups excluding carboxylic acids is 1. The van der Waals surface area contributed by atoms with Gasteiger partial charge in [-0.3, -0.25) is 9.69 Å². The Morgan fingerprint density at radius 3 is 2.32 bits per heavy atom. The molecule has 34 heavy (non-hydrogen) atoms. The van der Waals surface area contributed by atoms with E-state index in [9.17, 15) is 4.79 Å². The zero-order chi connectivity index (χ0) is 24.1. The van der Waals surface area contributed by atoms with E-state index in [2.05, 4.69) is 18.7 Å². The Hall–Kier alpha value is -2.93. The summed E-state index contributed by atoms with van der Waals surface area (Å²) in [6.07, 6.45) is 0. The molecule has 0 bridgehead atoms. The molecular formula is C27H28ClN3O2S. The summed E-state index contributed by atoms with van der Waals surface area (Å²) < 4.78 is 6.86. The van der Waals surface area contributed by atoms with Gasteiger partial charge in [0.2, 0.25) is 0 Å². The number of hydrogen-bond acceptors (Lipinski definition) is 5. The molecule has 1 amide bonds. The average Bonchev–Trinajstić information content (AvgIpc) is 3.27. The second kappa shape index (κ2) is 11.0. The van der Waals surface area contributed by atoms with Gasteiger partial charge in [0, 0.05) is 23.7 Å². The third kappa shape index (κ3) is 5.58. The molecular weight excluding hydrogens is 466 g/mol. The van der Waals surface area contributed by atoms with Gasteiger partial charge in [-0.05, 0) is 74.1 Å². The molecule has 0 spiro atoms. The first kappa shape index (κ1) is 24.2. The van der Waals surface area contributed by atoms with Gasteiger partial charge < -0.3 is 9.64 Å². The maximum absolute atomic E-state index is 13.6. The summed E-state index contributed by atoms with van der Waals surface area (Å²) in [6, 6.07) is 20.7. The zero-order valence-electron chi connectivity index (χ0n) is 19.6. The number of ether oxygens (including phenoxy) is 1. The highest BCUT2D eigenvalue weighted by molar-refractivity contribution is 7.22. The largest absolute Gasteiger partial charge is 0.457 e. The smallest absolute Gasteiger partial charge is 0.260 e. The Bertz CT molecular complexity index is 1250. The summed E-state index contributed by atoms with van der Waals surface area (Å²) in [4.78, 5) is 22.5. The quantitative estimate of drug-likeness (QED) is 0.251. The minimum absolute atomic E-state index is 0.0822. The predicted molar refractivity (Wildman–Crippen MR) is 142 cm³/mol. The van der Waals surface area contributed by atoms with Crippen molar-refractivity contribution in [2.24, 2.45) is 0 Å². The van der Waals surface area contributed by atoms with Crippen LogP contribution in [0.15, 0.2) is 66.7 Å². The molecule has 0 saturated carbocycles. The summed E-state index contributed by atoms with van der Waals surface area (Å²) >= 11 is 7.76. The Kier molecular flexibility index (Phi) is 7.83. The van der Waals surface area contributed by atoms with Gasteiger partial charge in [0.1, 0.15) is 11.5 Å². The van der Waals surface area contributed by atoms with Crippen LogP contribution in [0, 0.1) is 6.92 Å². The van der Waals surface area contributed by atoms with Crippen LogP contribution in [0.25, 0.3) is 10.2 Å². The molecule has 5 nitrogen and oxygen atoms in total. The molecule has 3 aromatic carbocycles. The SMILES string of the molecule is CCN(CC)CCN(C(=O)c1ccc(Oc2ccccc2)cc1)c1nc2c(C)cc(Cl)cc2s1. The molecule has 0 radical (unpaired) electrons. The summed E-state index contributed by atoms with van der Waals surface area (Å²) in [5.74, 6) is 1.36. The van der Waals surface area contributed by atoms with Crippen LogP contribution >= 0.6 is 22.9 Å². The number of benzene rings is 3. The zero-order valence-corrected chi connectivity index (χ0v) is 21.2. The highest BCUT2D eigenvalue weighted by atomic mass is 35.5. The van der Waals surface area contributed by atoms with E-state index >= 15 is 0 Å². The van der Waals surface area contributed by atoms with Gasteiger partial charge in [-0.1, -0.05) is 55.0 Å². The van der Waals surface area contributed by atoms with Crippen LogP contribution in [0.1, 0.15) is 29.8 Å². The van der Waals surface area contributed by atoms with Crippen LogP contribution < -0.4 is 9.64 Å². The van der Waals surface area contributed by atoms with Crippen molar-refractivity contribution in [2.75, 3.05) is 31.1 Å². The van der Waals surface area contributed by atoms with Gasteiger partial charge in [0.25, 0.3) is 5.91 Å². The number of likely N-dealkylation sites (N-methyl/N-ethyl adjacent to an activating group) is 1. The normalized spacial score (nSPS) is 11.2. The number of halogens is 1. The molecule has 0 fully saturated rings. The number of thiazole rings is 1. The van der Waals surface area contributed by atoms with Crippen molar-refractivity contribution in [1.82, 2.24) is 9.88 Å². The van der Waals surface area contributed by atoms with E-state index in [1.165, 1.54) is 11.3 Å². The minimum Gasteiger partial charge on any atom is -0.457 e. The maximum Gasteiger partial charge on any atom is 0.260 e. The lowest BCUT2D eigenvalue weighted by Gasteiger charge is -2.24. The molecule has 176 valence electrons. The van der Waals surface area contributed by atoms with Crippen LogP contribution in [0.4, 0.5) is 5.13 Å². The monoisotopic (exact) mass is 493 g/mol. The van der Waals surface area contributed by atoms with Crippen molar-refractivity contribution in [2.45, 2.75) is 20.8 Å². The van der Waals surface area contributed by atoms with E-state index in [0.29, 0.717) is 28.0 Å². The van der Waals surface area contributed by atoms with Gasteiger partial charge in [0.05, 0.1) is 10.2 Å². The Balaban J connectivity index is 1.61. The van der Waals surface area contributed by atoms with Gasteiger partial charge in [-0.2, -0.15) is 0 Å². The van der Waals surface area contributed by atoms with E-state index in [1.807, 2.05) is 61.5 Å². The summed E-state index contributed by atoms with van der Waals surface area (Å²) in [5.41, 5.74) is 2.48. The predicted octanol–water partition coefficient (Wildman–Crippen LogP) is 7.04. The van der Waals surface area contributed by atoms with Crippen LogP contribution in [-0.2, 0) is 0 Å². The van der Waals surface area contributed by atoms with E-state index in [0.717, 1.165) is 41.2 Å². The number of amides is 1. The number of hydrogen-bond donors (Lipinski definition) is 0. The summed E-state index contributed by atoms with van der Waals surface area (Å²) in [7, 11) is 0. The molecule has 0 aliphatic rings.